The van der Waals surface area contributed by atoms with Crippen molar-refractivity contribution in [1.82, 2.24) is 4.90 Å². The maximum Gasteiger partial charge on any atom is 0.0695 e. The highest BCUT2D eigenvalue weighted by Crippen LogP contribution is 2.23. The van der Waals surface area contributed by atoms with E-state index in [0.717, 1.165) is 18.9 Å². The molecule has 2 nitrogen and oxygen atoms in total. The first-order valence-corrected chi connectivity index (χ1v) is 6.03. The largest absolute Gasteiger partial charge is 0.391 e. The second kappa shape index (κ2) is 5.72. The van der Waals surface area contributed by atoms with Gasteiger partial charge in [-0.1, -0.05) is 33.1 Å². The average Bonchev–Trinajstić information content (AvgIpc) is 2.18. The van der Waals surface area contributed by atoms with Gasteiger partial charge in [-0.3, -0.25) is 0 Å². The van der Waals surface area contributed by atoms with Gasteiger partial charge in [-0.15, -0.1) is 0 Å². The second-order valence-electron chi connectivity index (χ2n) is 4.87. The normalized spacial score (nSPS) is 30.6. The summed E-state index contributed by atoms with van der Waals surface area (Å²) >= 11 is 0. The molecule has 1 saturated carbocycles. The summed E-state index contributed by atoms with van der Waals surface area (Å²) in [6.45, 7) is 5.64. The van der Waals surface area contributed by atoms with Gasteiger partial charge in [0, 0.05) is 12.6 Å². The van der Waals surface area contributed by atoms with Crippen molar-refractivity contribution >= 4 is 0 Å². The third-order valence-corrected chi connectivity index (χ3v) is 3.56. The predicted octanol–water partition coefficient (Wildman–Crippen LogP) is 2.27. The Kier molecular flexibility index (Phi) is 4.90. The third-order valence-electron chi connectivity index (χ3n) is 3.56. The van der Waals surface area contributed by atoms with Crippen LogP contribution in [-0.2, 0) is 0 Å². The molecular formula is C12H25NO. The summed E-state index contributed by atoms with van der Waals surface area (Å²) in [5.41, 5.74) is 0. The van der Waals surface area contributed by atoms with Crippen molar-refractivity contribution in [3.05, 3.63) is 0 Å². The van der Waals surface area contributed by atoms with Gasteiger partial charge in [-0.25, -0.2) is 0 Å². The SMILES string of the molecule is CCC(C)CN(C)[C@@H]1CCCC[C@H]1O. The van der Waals surface area contributed by atoms with Gasteiger partial charge in [0.2, 0.25) is 0 Å². The highest BCUT2D eigenvalue weighted by atomic mass is 16.3. The number of rotatable bonds is 4. The smallest absolute Gasteiger partial charge is 0.0695 e. The monoisotopic (exact) mass is 199 g/mol. The minimum absolute atomic E-state index is 0.0854. The molecule has 0 spiro atoms. The Hall–Kier alpha value is -0.0800. The Morgan fingerprint density at radius 2 is 2.00 bits per heavy atom. The molecule has 0 heterocycles. The van der Waals surface area contributed by atoms with Crippen LogP contribution in [-0.4, -0.2) is 35.7 Å². The number of hydrogen-bond acceptors (Lipinski definition) is 2. The second-order valence-corrected chi connectivity index (χ2v) is 4.87. The van der Waals surface area contributed by atoms with Crippen molar-refractivity contribution in [2.24, 2.45) is 5.92 Å². The van der Waals surface area contributed by atoms with Gasteiger partial charge in [-0.05, 0) is 25.8 Å². The molecule has 0 aromatic carbocycles. The summed E-state index contributed by atoms with van der Waals surface area (Å²) in [6.07, 6.45) is 5.80. The lowest BCUT2D eigenvalue weighted by atomic mass is 9.91. The van der Waals surface area contributed by atoms with E-state index in [1.807, 2.05) is 0 Å². The van der Waals surface area contributed by atoms with Crippen molar-refractivity contribution in [3.8, 4) is 0 Å². The molecular weight excluding hydrogens is 174 g/mol. The van der Waals surface area contributed by atoms with Crippen molar-refractivity contribution in [2.75, 3.05) is 13.6 Å². The Bertz CT molecular complexity index is 160. The van der Waals surface area contributed by atoms with E-state index in [9.17, 15) is 5.11 Å². The standard InChI is InChI=1S/C12H25NO/c1-4-10(2)9-13(3)11-7-5-6-8-12(11)14/h10-12,14H,4-9H2,1-3H3/t10?,11-,12-/m1/s1. The third kappa shape index (κ3) is 3.25. The first-order chi connectivity index (χ1) is 6.65. The Morgan fingerprint density at radius 3 is 2.57 bits per heavy atom. The zero-order valence-corrected chi connectivity index (χ0v) is 9.87. The van der Waals surface area contributed by atoms with Crippen LogP contribution in [0.2, 0.25) is 0 Å². The van der Waals surface area contributed by atoms with Crippen LogP contribution in [0.25, 0.3) is 0 Å². The molecule has 14 heavy (non-hydrogen) atoms. The van der Waals surface area contributed by atoms with Crippen LogP contribution in [0.3, 0.4) is 0 Å². The number of aliphatic hydroxyl groups is 1. The van der Waals surface area contributed by atoms with Gasteiger partial charge in [0.25, 0.3) is 0 Å². The Labute approximate surface area is 88.3 Å². The van der Waals surface area contributed by atoms with Crippen LogP contribution in [0.1, 0.15) is 46.0 Å². The van der Waals surface area contributed by atoms with Crippen LogP contribution >= 0.6 is 0 Å². The molecule has 1 aliphatic rings. The number of likely N-dealkylation sites (N-methyl/N-ethyl adjacent to an activating group) is 1. The van der Waals surface area contributed by atoms with Gasteiger partial charge in [-0.2, -0.15) is 0 Å². The molecule has 0 bridgehead atoms. The van der Waals surface area contributed by atoms with E-state index in [1.54, 1.807) is 0 Å². The molecule has 0 amide bonds. The van der Waals surface area contributed by atoms with Gasteiger partial charge in [0.1, 0.15) is 0 Å². The number of nitrogens with zero attached hydrogens (tertiary/aromatic N) is 1. The first-order valence-electron chi connectivity index (χ1n) is 6.03. The Morgan fingerprint density at radius 1 is 1.36 bits per heavy atom. The molecule has 0 aromatic heterocycles. The summed E-state index contributed by atoms with van der Waals surface area (Å²) in [7, 11) is 2.16. The van der Waals surface area contributed by atoms with Gasteiger partial charge >= 0.3 is 0 Å². The van der Waals surface area contributed by atoms with Crippen LogP contribution < -0.4 is 0 Å². The van der Waals surface area contributed by atoms with E-state index < -0.39 is 0 Å². The van der Waals surface area contributed by atoms with E-state index in [1.165, 1.54) is 25.7 Å². The number of hydrogen-bond donors (Lipinski definition) is 1. The minimum Gasteiger partial charge on any atom is -0.391 e. The Balaban J connectivity index is 2.37. The minimum atomic E-state index is -0.0854. The maximum absolute atomic E-state index is 9.88. The zero-order valence-electron chi connectivity index (χ0n) is 9.87. The average molecular weight is 199 g/mol. The van der Waals surface area contributed by atoms with Gasteiger partial charge < -0.3 is 10.0 Å². The summed E-state index contributed by atoms with van der Waals surface area (Å²) in [5, 5.41) is 9.88. The lowest BCUT2D eigenvalue weighted by Gasteiger charge is -2.36. The molecule has 3 atom stereocenters. The molecule has 84 valence electrons. The fourth-order valence-electron chi connectivity index (χ4n) is 2.36. The van der Waals surface area contributed by atoms with Gasteiger partial charge in [0.05, 0.1) is 6.10 Å². The molecule has 2 heteroatoms. The summed E-state index contributed by atoms with van der Waals surface area (Å²) in [6, 6.07) is 0.415. The van der Waals surface area contributed by atoms with Crippen molar-refractivity contribution in [1.29, 1.82) is 0 Å². The molecule has 1 aliphatic carbocycles. The molecule has 0 aromatic rings. The van der Waals surface area contributed by atoms with E-state index >= 15 is 0 Å². The quantitative estimate of drug-likeness (QED) is 0.751. The zero-order chi connectivity index (χ0) is 10.6. The molecule has 0 radical (unpaired) electrons. The van der Waals surface area contributed by atoms with Crippen molar-refractivity contribution in [2.45, 2.75) is 58.1 Å². The van der Waals surface area contributed by atoms with Crippen LogP contribution in [0.15, 0.2) is 0 Å². The van der Waals surface area contributed by atoms with Crippen LogP contribution in [0.5, 0.6) is 0 Å². The highest BCUT2D eigenvalue weighted by molar-refractivity contribution is 4.81. The van der Waals surface area contributed by atoms with E-state index in [0.29, 0.717) is 6.04 Å². The summed E-state index contributed by atoms with van der Waals surface area (Å²) in [4.78, 5) is 2.36. The van der Waals surface area contributed by atoms with E-state index in [2.05, 4.69) is 25.8 Å². The fraction of sp³-hybridized carbons (Fsp3) is 1.00. The highest BCUT2D eigenvalue weighted by Gasteiger charge is 2.26. The lowest BCUT2D eigenvalue weighted by molar-refractivity contribution is 0.0265. The molecule has 1 rings (SSSR count). The van der Waals surface area contributed by atoms with Crippen LogP contribution in [0, 0.1) is 5.92 Å². The molecule has 0 saturated heterocycles. The van der Waals surface area contributed by atoms with Gasteiger partial charge in [0.15, 0.2) is 0 Å². The lowest BCUT2D eigenvalue weighted by Crippen LogP contribution is -2.44. The predicted molar refractivity (Wildman–Crippen MR) is 60.3 cm³/mol. The summed E-state index contributed by atoms with van der Waals surface area (Å²) < 4.78 is 0. The molecule has 1 unspecified atom stereocenters. The first kappa shape index (κ1) is 12.0. The van der Waals surface area contributed by atoms with E-state index in [-0.39, 0.29) is 6.10 Å². The molecule has 1 N–H and O–H groups in total. The molecule has 1 fully saturated rings. The van der Waals surface area contributed by atoms with Crippen LogP contribution in [0.4, 0.5) is 0 Å². The summed E-state index contributed by atoms with van der Waals surface area (Å²) in [5.74, 6) is 0.745. The van der Waals surface area contributed by atoms with Crippen molar-refractivity contribution in [3.63, 3.8) is 0 Å². The van der Waals surface area contributed by atoms with Crippen molar-refractivity contribution < 1.29 is 5.11 Å². The molecule has 0 aliphatic heterocycles. The topological polar surface area (TPSA) is 23.5 Å². The maximum atomic E-state index is 9.88. The fourth-order valence-corrected chi connectivity index (χ4v) is 2.36. The van der Waals surface area contributed by atoms with E-state index in [4.69, 9.17) is 0 Å². The number of aliphatic hydroxyl groups excluding tert-OH is 1.